The van der Waals surface area contributed by atoms with E-state index in [9.17, 15) is 5.11 Å². The number of benzene rings is 1. The van der Waals surface area contributed by atoms with E-state index in [0.717, 1.165) is 37.2 Å². The van der Waals surface area contributed by atoms with Crippen LogP contribution in [0.15, 0.2) is 12.1 Å². The standard InChI is InChI=1S/C16H27IN2O/c1-16(2,3)14-10-13(17)9-12(15(14)20)11-18-7-6-8-19(4)5/h9-10,18,20H,6-8,11H2,1-5H3. The molecule has 1 aromatic rings. The Kier molecular flexibility index (Phi) is 6.75. The summed E-state index contributed by atoms with van der Waals surface area (Å²) in [4.78, 5) is 2.18. The Morgan fingerprint density at radius 1 is 1.25 bits per heavy atom. The third-order valence-electron chi connectivity index (χ3n) is 3.24. The quantitative estimate of drug-likeness (QED) is 0.578. The normalized spacial score (nSPS) is 12.2. The van der Waals surface area contributed by atoms with Crippen LogP contribution < -0.4 is 5.32 Å². The lowest BCUT2D eigenvalue weighted by Crippen LogP contribution is -2.21. The summed E-state index contributed by atoms with van der Waals surface area (Å²) in [6.07, 6.45) is 1.11. The highest BCUT2D eigenvalue weighted by molar-refractivity contribution is 14.1. The van der Waals surface area contributed by atoms with E-state index in [4.69, 9.17) is 0 Å². The van der Waals surface area contributed by atoms with Gasteiger partial charge >= 0.3 is 0 Å². The lowest BCUT2D eigenvalue weighted by atomic mass is 9.85. The summed E-state index contributed by atoms with van der Waals surface area (Å²) in [6, 6.07) is 4.13. The van der Waals surface area contributed by atoms with E-state index in [1.807, 2.05) is 0 Å². The maximum atomic E-state index is 10.4. The predicted molar refractivity (Wildman–Crippen MR) is 94.4 cm³/mol. The van der Waals surface area contributed by atoms with Crippen LogP contribution in [0.4, 0.5) is 0 Å². The van der Waals surface area contributed by atoms with Gasteiger partial charge in [0.15, 0.2) is 0 Å². The first-order valence-corrected chi connectivity index (χ1v) is 8.17. The van der Waals surface area contributed by atoms with Crippen molar-refractivity contribution < 1.29 is 5.11 Å². The predicted octanol–water partition coefficient (Wildman–Crippen LogP) is 3.34. The summed E-state index contributed by atoms with van der Waals surface area (Å²) >= 11 is 2.32. The zero-order valence-electron chi connectivity index (χ0n) is 13.3. The molecule has 2 N–H and O–H groups in total. The van der Waals surface area contributed by atoms with Crippen molar-refractivity contribution in [3.8, 4) is 5.75 Å². The van der Waals surface area contributed by atoms with E-state index in [1.165, 1.54) is 3.57 Å². The maximum absolute atomic E-state index is 10.4. The molecule has 1 rings (SSSR count). The third kappa shape index (κ3) is 5.58. The second-order valence-corrected chi connectivity index (χ2v) is 7.79. The van der Waals surface area contributed by atoms with Crippen molar-refractivity contribution in [1.29, 1.82) is 0 Å². The molecule has 1 aromatic carbocycles. The second-order valence-electron chi connectivity index (χ2n) is 6.54. The molecule has 0 atom stereocenters. The average Bonchev–Trinajstić information content (AvgIpc) is 2.30. The van der Waals surface area contributed by atoms with Crippen molar-refractivity contribution in [1.82, 2.24) is 10.2 Å². The number of nitrogens with one attached hydrogen (secondary N) is 1. The molecule has 0 aromatic heterocycles. The van der Waals surface area contributed by atoms with Gasteiger partial charge < -0.3 is 15.3 Å². The first-order valence-electron chi connectivity index (χ1n) is 7.09. The maximum Gasteiger partial charge on any atom is 0.123 e. The molecule has 0 bridgehead atoms. The van der Waals surface area contributed by atoms with Crippen LogP contribution in [0.5, 0.6) is 5.75 Å². The van der Waals surface area contributed by atoms with Gasteiger partial charge in [0, 0.05) is 21.2 Å². The molecule has 114 valence electrons. The summed E-state index contributed by atoms with van der Waals surface area (Å²) in [5.41, 5.74) is 1.98. The molecule has 0 amide bonds. The van der Waals surface area contributed by atoms with Crippen LogP contribution >= 0.6 is 22.6 Å². The number of halogens is 1. The van der Waals surface area contributed by atoms with Crippen LogP contribution in [0, 0.1) is 3.57 Å². The zero-order chi connectivity index (χ0) is 15.3. The fourth-order valence-corrected chi connectivity index (χ4v) is 2.79. The van der Waals surface area contributed by atoms with Gasteiger partial charge in [0.05, 0.1) is 0 Å². The Hall–Kier alpha value is -0.330. The van der Waals surface area contributed by atoms with E-state index >= 15 is 0 Å². The number of nitrogens with zero attached hydrogens (tertiary/aromatic N) is 1. The molecule has 0 saturated carbocycles. The summed E-state index contributed by atoms with van der Waals surface area (Å²) in [7, 11) is 4.17. The molecular weight excluding hydrogens is 363 g/mol. The van der Waals surface area contributed by atoms with Crippen molar-refractivity contribution in [2.24, 2.45) is 0 Å². The van der Waals surface area contributed by atoms with Crippen LogP contribution in [-0.4, -0.2) is 37.2 Å². The highest BCUT2D eigenvalue weighted by Crippen LogP contribution is 2.34. The Bertz CT molecular complexity index is 439. The minimum absolute atomic E-state index is 0.0368. The van der Waals surface area contributed by atoms with Crippen LogP contribution in [0.3, 0.4) is 0 Å². The van der Waals surface area contributed by atoms with E-state index < -0.39 is 0 Å². The van der Waals surface area contributed by atoms with Crippen LogP contribution in [0.1, 0.15) is 38.3 Å². The van der Waals surface area contributed by atoms with E-state index in [2.05, 4.69) is 79.8 Å². The Balaban J connectivity index is 2.69. The number of aromatic hydroxyl groups is 1. The van der Waals surface area contributed by atoms with Crippen molar-refractivity contribution in [3.63, 3.8) is 0 Å². The van der Waals surface area contributed by atoms with E-state index in [0.29, 0.717) is 5.75 Å². The van der Waals surface area contributed by atoms with Crippen molar-refractivity contribution in [3.05, 3.63) is 26.8 Å². The molecule has 4 heteroatoms. The summed E-state index contributed by atoms with van der Waals surface area (Å²) in [5, 5.41) is 13.9. The topological polar surface area (TPSA) is 35.5 Å². The van der Waals surface area contributed by atoms with Crippen molar-refractivity contribution in [2.75, 3.05) is 27.2 Å². The van der Waals surface area contributed by atoms with Crippen LogP contribution in [-0.2, 0) is 12.0 Å². The monoisotopic (exact) mass is 390 g/mol. The van der Waals surface area contributed by atoms with Crippen LogP contribution in [0.2, 0.25) is 0 Å². The fraction of sp³-hybridized carbons (Fsp3) is 0.625. The Morgan fingerprint density at radius 2 is 1.90 bits per heavy atom. The average molecular weight is 390 g/mol. The SMILES string of the molecule is CN(C)CCCNCc1cc(I)cc(C(C)(C)C)c1O. The van der Waals surface area contributed by atoms with E-state index in [1.54, 1.807) is 0 Å². The summed E-state index contributed by atoms with van der Waals surface area (Å²) in [5.74, 6) is 0.443. The molecule has 0 aliphatic rings. The minimum atomic E-state index is -0.0368. The van der Waals surface area contributed by atoms with Crippen LogP contribution in [0.25, 0.3) is 0 Å². The number of hydrogen-bond acceptors (Lipinski definition) is 3. The summed E-state index contributed by atoms with van der Waals surface area (Å²) in [6.45, 7) is 9.16. The van der Waals surface area contributed by atoms with E-state index in [-0.39, 0.29) is 5.41 Å². The molecule has 20 heavy (non-hydrogen) atoms. The van der Waals surface area contributed by atoms with Gasteiger partial charge in [-0.1, -0.05) is 20.8 Å². The van der Waals surface area contributed by atoms with Crippen molar-refractivity contribution in [2.45, 2.75) is 39.2 Å². The third-order valence-corrected chi connectivity index (χ3v) is 3.86. The van der Waals surface area contributed by atoms with Gasteiger partial charge in [-0.25, -0.2) is 0 Å². The molecule has 0 saturated heterocycles. The zero-order valence-corrected chi connectivity index (χ0v) is 15.4. The molecule has 0 radical (unpaired) electrons. The Morgan fingerprint density at radius 3 is 2.45 bits per heavy atom. The molecule has 0 heterocycles. The van der Waals surface area contributed by atoms with Gasteiger partial charge in [0.25, 0.3) is 0 Å². The lowest BCUT2D eigenvalue weighted by molar-refractivity contribution is 0.393. The molecule has 0 unspecified atom stereocenters. The Labute approximate surface area is 136 Å². The molecule has 0 aliphatic carbocycles. The first-order chi connectivity index (χ1) is 9.21. The van der Waals surface area contributed by atoms with Crippen molar-refractivity contribution >= 4 is 22.6 Å². The number of rotatable bonds is 6. The highest BCUT2D eigenvalue weighted by Gasteiger charge is 2.20. The highest BCUT2D eigenvalue weighted by atomic mass is 127. The second kappa shape index (κ2) is 7.61. The largest absolute Gasteiger partial charge is 0.507 e. The van der Waals surface area contributed by atoms with Gasteiger partial charge in [0.2, 0.25) is 0 Å². The number of hydrogen-bond donors (Lipinski definition) is 2. The summed E-state index contributed by atoms with van der Waals surface area (Å²) < 4.78 is 1.18. The fourth-order valence-electron chi connectivity index (χ4n) is 2.11. The minimum Gasteiger partial charge on any atom is -0.507 e. The van der Waals surface area contributed by atoms with Gasteiger partial charge in [-0.2, -0.15) is 0 Å². The molecular formula is C16H27IN2O. The number of phenols is 1. The smallest absolute Gasteiger partial charge is 0.123 e. The number of phenolic OH excluding ortho intramolecular Hbond substituents is 1. The van der Waals surface area contributed by atoms with Gasteiger partial charge in [-0.15, -0.1) is 0 Å². The molecule has 3 nitrogen and oxygen atoms in total. The lowest BCUT2D eigenvalue weighted by Gasteiger charge is -2.22. The molecule has 0 aliphatic heterocycles. The van der Waals surface area contributed by atoms with Gasteiger partial charge in [-0.3, -0.25) is 0 Å². The first kappa shape index (κ1) is 17.7. The molecule has 0 fully saturated rings. The van der Waals surface area contributed by atoms with Gasteiger partial charge in [0.1, 0.15) is 5.75 Å². The molecule has 0 spiro atoms. The van der Waals surface area contributed by atoms with Gasteiger partial charge in [-0.05, 0) is 73.7 Å².